The van der Waals surface area contributed by atoms with E-state index in [0.717, 1.165) is 5.75 Å². The molecule has 1 aromatic carbocycles. The van der Waals surface area contributed by atoms with Gasteiger partial charge in [0.2, 0.25) is 5.91 Å². The number of benzene rings is 1. The second-order valence-corrected chi connectivity index (χ2v) is 3.80. The number of aryl methyl sites for hydroxylation is 1. The van der Waals surface area contributed by atoms with E-state index in [4.69, 9.17) is 4.74 Å². The van der Waals surface area contributed by atoms with Gasteiger partial charge in [-0.2, -0.15) is 5.10 Å². The van der Waals surface area contributed by atoms with Gasteiger partial charge >= 0.3 is 0 Å². The number of aromatic nitrogens is 2. The highest BCUT2D eigenvalue weighted by molar-refractivity contribution is 5.89. The zero-order chi connectivity index (χ0) is 12.8. The fourth-order valence-corrected chi connectivity index (χ4v) is 1.48. The Bertz CT molecular complexity index is 508. The van der Waals surface area contributed by atoms with Gasteiger partial charge in [0, 0.05) is 13.1 Å². The molecule has 5 nitrogen and oxygen atoms in total. The van der Waals surface area contributed by atoms with Crippen LogP contribution in [0.3, 0.4) is 0 Å². The molecule has 1 N–H and O–H groups in total. The molecule has 18 heavy (non-hydrogen) atoms. The molecule has 0 atom stereocenters. The molecule has 0 aliphatic carbocycles. The van der Waals surface area contributed by atoms with E-state index in [1.807, 2.05) is 30.3 Å². The van der Waals surface area contributed by atoms with Gasteiger partial charge in [-0.25, -0.2) is 0 Å². The van der Waals surface area contributed by atoms with Crippen molar-refractivity contribution in [2.75, 3.05) is 11.9 Å². The topological polar surface area (TPSA) is 56.2 Å². The number of nitrogens with one attached hydrogen (secondary N) is 1. The standard InChI is InChI=1S/C13H15N3O2/c1-16-12(7-9-14-16)15-13(17)8-10-18-11-5-3-2-4-6-11/h2-7,9H,8,10H2,1H3,(H,15,17). The van der Waals surface area contributed by atoms with Gasteiger partial charge in [-0.3, -0.25) is 9.48 Å². The third-order valence-electron chi connectivity index (χ3n) is 2.43. The van der Waals surface area contributed by atoms with E-state index in [1.54, 1.807) is 24.0 Å². The minimum Gasteiger partial charge on any atom is -0.493 e. The van der Waals surface area contributed by atoms with Crippen molar-refractivity contribution in [3.63, 3.8) is 0 Å². The van der Waals surface area contributed by atoms with Crippen LogP contribution in [0.15, 0.2) is 42.6 Å². The monoisotopic (exact) mass is 245 g/mol. The average Bonchev–Trinajstić information content (AvgIpc) is 2.76. The Morgan fingerprint density at radius 3 is 2.78 bits per heavy atom. The molecule has 0 spiro atoms. The van der Waals surface area contributed by atoms with E-state index in [0.29, 0.717) is 18.8 Å². The third kappa shape index (κ3) is 3.35. The first-order chi connectivity index (χ1) is 8.75. The van der Waals surface area contributed by atoms with Crippen molar-refractivity contribution in [1.29, 1.82) is 0 Å². The average molecular weight is 245 g/mol. The van der Waals surface area contributed by atoms with E-state index >= 15 is 0 Å². The molecular weight excluding hydrogens is 230 g/mol. The number of rotatable bonds is 5. The van der Waals surface area contributed by atoms with E-state index in [-0.39, 0.29) is 5.91 Å². The number of anilines is 1. The van der Waals surface area contributed by atoms with Crippen molar-refractivity contribution in [2.24, 2.45) is 7.05 Å². The lowest BCUT2D eigenvalue weighted by molar-refractivity contribution is -0.116. The van der Waals surface area contributed by atoms with Gasteiger partial charge in [0.25, 0.3) is 0 Å². The van der Waals surface area contributed by atoms with Crippen LogP contribution in [0.1, 0.15) is 6.42 Å². The molecule has 0 aliphatic rings. The highest BCUT2D eigenvalue weighted by atomic mass is 16.5. The second-order valence-electron chi connectivity index (χ2n) is 3.80. The number of hydrogen-bond acceptors (Lipinski definition) is 3. The Hall–Kier alpha value is -2.30. The van der Waals surface area contributed by atoms with Crippen LogP contribution in [-0.2, 0) is 11.8 Å². The molecule has 0 fully saturated rings. The second kappa shape index (κ2) is 5.86. The summed E-state index contributed by atoms with van der Waals surface area (Å²) in [6.07, 6.45) is 1.94. The van der Waals surface area contributed by atoms with Crippen molar-refractivity contribution in [1.82, 2.24) is 9.78 Å². The summed E-state index contributed by atoms with van der Waals surface area (Å²) in [5.41, 5.74) is 0. The Kier molecular flexibility index (Phi) is 3.96. The van der Waals surface area contributed by atoms with Crippen LogP contribution in [0.4, 0.5) is 5.82 Å². The molecule has 0 unspecified atom stereocenters. The number of carbonyl (C=O) groups excluding carboxylic acids is 1. The number of amides is 1. The SMILES string of the molecule is Cn1nccc1NC(=O)CCOc1ccccc1. The molecule has 2 rings (SSSR count). The van der Waals surface area contributed by atoms with E-state index in [9.17, 15) is 4.79 Å². The molecule has 0 saturated carbocycles. The minimum absolute atomic E-state index is 0.0884. The zero-order valence-corrected chi connectivity index (χ0v) is 10.2. The predicted molar refractivity (Wildman–Crippen MR) is 68.4 cm³/mol. The summed E-state index contributed by atoms with van der Waals surface area (Å²) in [5.74, 6) is 1.36. The van der Waals surface area contributed by atoms with E-state index < -0.39 is 0 Å². The molecule has 5 heteroatoms. The quantitative estimate of drug-likeness (QED) is 0.874. The Labute approximate surface area is 105 Å². The maximum atomic E-state index is 11.6. The number of carbonyl (C=O) groups is 1. The van der Waals surface area contributed by atoms with Crippen molar-refractivity contribution in [3.8, 4) is 5.75 Å². The molecular formula is C13H15N3O2. The fraction of sp³-hybridized carbons (Fsp3) is 0.231. The largest absolute Gasteiger partial charge is 0.493 e. The number of para-hydroxylation sites is 1. The summed E-state index contributed by atoms with van der Waals surface area (Å²) in [6.45, 7) is 0.355. The molecule has 1 aromatic heterocycles. The molecule has 94 valence electrons. The summed E-state index contributed by atoms with van der Waals surface area (Å²) in [6, 6.07) is 11.2. The van der Waals surface area contributed by atoms with Gasteiger partial charge in [0.15, 0.2) is 0 Å². The maximum absolute atomic E-state index is 11.6. The number of ether oxygens (including phenoxy) is 1. The third-order valence-corrected chi connectivity index (χ3v) is 2.43. The fourth-order valence-electron chi connectivity index (χ4n) is 1.48. The summed E-state index contributed by atoms with van der Waals surface area (Å²) in [4.78, 5) is 11.6. The highest BCUT2D eigenvalue weighted by Gasteiger charge is 2.05. The molecule has 1 amide bonds. The smallest absolute Gasteiger partial charge is 0.228 e. The van der Waals surface area contributed by atoms with Gasteiger partial charge < -0.3 is 10.1 Å². The first-order valence-corrected chi connectivity index (χ1v) is 5.71. The summed E-state index contributed by atoms with van der Waals surface area (Å²) >= 11 is 0. The van der Waals surface area contributed by atoms with Crippen LogP contribution in [0.5, 0.6) is 5.75 Å². The van der Waals surface area contributed by atoms with Crippen molar-refractivity contribution < 1.29 is 9.53 Å². The van der Waals surface area contributed by atoms with Gasteiger partial charge in [0.1, 0.15) is 11.6 Å². The van der Waals surface area contributed by atoms with E-state index in [2.05, 4.69) is 10.4 Å². The van der Waals surface area contributed by atoms with Crippen LogP contribution in [0, 0.1) is 0 Å². The molecule has 0 bridgehead atoms. The lowest BCUT2D eigenvalue weighted by atomic mass is 10.3. The Balaban J connectivity index is 1.74. The normalized spacial score (nSPS) is 10.1. The van der Waals surface area contributed by atoms with Crippen LogP contribution < -0.4 is 10.1 Å². The summed E-state index contributed by atoms with van der Waals surface area (Å²) < 4.78 is 7.05. The number of hydrogen-bond donors (Lipinski definition) is 1. The first kappa shape index (κ1) is 12.2. The van der Waals surface area contributed by atoms with Crippen molar-refractivity contribution in [3.05, 3.63) is 42.6 Å². The van der Waals surface area contributed by atoms with E-state index in [1.165, 1.54) is 0 Å². The maximum Gasteiger partial charge on any atom is 0.228 e. The van der Waals surface area contributed by atoms with Gasteiger partial charge in [-0.05, 0) is 12.1 Å². The molecule has 2 aromatic rings. The summed E-state index contributed by atoms with van der Waals surface area (Å²) in [7, 11) is 1.77. The molecule has 0 aliphatic heterocycles. The van der Waals surface area contributed by atoms with Crippen molar-refractivity contribution in [2.45, 2.75) is 6.42 Å². The van der Waals surface area contributed by atoms with Gasteiger partial charge in [-0.15, -0.1) is 0 Å². The Morgan fingerprint density at radius 2 is 2.11 bits per heavy atom. The lowest BCUT2D eigenvalue weighted by Crippen LogP contribution is -2.17. The highest BCUT2D eigenvalue weighted by Crippen LogP contribution is 2.09. The van der Waals surface area contributed by atoms with Gasteiger partial charge in [0.05, 0.1) is 19.2 Å². The molecule has 0 radical (unpaired) electrons. The van der Waals surface area contributed by atoms with Crippen LogP contribution >= 0.6 is 0 Å². The minimum atomic E-state index is -0.0884. The first-order valence-electron chi connectivity index (χ1n) is 5.71. The lowest BCUT2D eigenvalue weighted by Gasteiger charge is -2.07. The summed E-state index contributed by atoms with van der Waals surface area (Å²) in [5, 5.41) is 6.73. The van der Waals surface area contributed by atoms with Crippen LogP contribution in [-0.4, -0.2) is 22.3 Å². The van der Waals surface area contributed by atoms with Gasteiger partial charge in [-0.1, -0.05) is 18.2 Å². The molecule has 1 heterocycles. The van der Waals surface area contributed by atoms with Crippen LogP contribution in [0.25, 0.3) is 0 Å². The Morgan fingerprint density at radius 1 is 1.33 bits per heavy atom. The van der Waals surface area contributed by atoms with Crippen molar-refractivity contribution >= 4 is 11.7 Å². The molecule has 0 saturated heterocycles. The van der Waals surface area contributed by atoms with Crippen LogP contribution in [0.2, 0.25) is 0 Å². The zero-order valence-electron chi connectivity index (χ0n) is 10.2. The number of nitrogens with zero attached hydrogens (tertiary/aromatic N) is 2. The predicted octanol–water partition coefficient (Wildman–Crippen LogP) is 1.83.